The van der Waals surface area contributed by atoms with E-state index in [0.717, 1.165) is 23.2 Å². The average molecular weight is 355 g/mol. The third-order valence-electron chi connectivity index (χ3n) is 4.68. The molecule has 1 atom stereocenters. The molecule has 1 heterocycles. The summed E-state index contributed by atoms with van der Waals surface area (Å²) in [6.07, 6.45) is 0. The van der Waals surface area contributed by atoms with Crippen LogP contribution >= 0.6 is 0 Å². The van der Waals surface area contributed by atoms with E-state index >= 15 is 0 Å². The van der Waals surface area contributed by atoms with Crippen LogP contribution in [0.15, 0.2) is 39.9 Å². The van der Waals surface area contributed by atoms with Crippen molar-refractivity contribution >= 4 is 5.82 Å². The number of nitrogens with one attached hydrogen (secondary N) is 1. The molecule has 1 N–H and O–H groups in total. The summed E-state index contributed by atoms with van der Waals surface area (Å²) in [7, 11) is 2.93. The maximum Gasteiger partial charge on any atom is 0.332 e. The number of nitrogens with zero attached hydrogens (tertiary/aromatic N) is 4. The number of hydrogen-bond donors (Lipinski definition) is 1. The van der Waals surface area contributed by atoms with Crippen molar-refractivity contribution in [3.63, 3.8) is 0 Å². The van der Waals surface area contributed by atoms with Gasteiger partial charge in [-0.25, -0.2) is 4.79 Å². The number of rotatable bonds is 7. The van der Waals surface area contributed by atoms with Crippen LogP contribution in [0.3, 0.4) is 0 Å². The molecule has 0 saturated carbocycles. The third kappa shape index (κ3) is 3.70. The fourth-order valence-corrected chi connectivity index (χ4v) is 3.14. The van der Waals surface area contributed by atoms with Crippen molar-refractivity contribution in [2.75, 3.05) is 25.0 Å². The Labute approximate surface area is 153 Å². The second-order valence-electron chi connectivity index (χ2n) is 6.07. The quantitative estimate of drug-likeness (QED) is 0.813. The van der Waals surface area contributed by atoms with Gasteiger partial charge in [-0.2, -0.15) is 5.26 Å². The molecule has 0 aliphatic heterocycles. The van der Waals surface area contributed by atoms with Gasteiger partial charge in [0.2, 0.25) is 0 Å². The van der Waals surface area contributed by atoms with Gasteiger partial charge in [0, 0.05) is 20.6 Å². The van der Waals surface area contributed by atoms with Gasteiger partial charge >= 0.3 is 5.69 Å². The molecular weight excluding hydrogens is 330 g/mol. The predicted octanol–water partition coefficient (Wildman–Crippen LogP) is 1.45. The van der Waals surface area contributed by atoms with Gasteiger partial charge in [0.15, 0.2) is 5.56 Å². The van der Waals surface area contributed by atoms with Gasteiger partial charge in [-0.15, -0.1) is 0 Å². The Bertz CT molecular complexity index is 904. The van der Waals surface area contributed by atoms with Gasteiger partial charge in [-0.05, 0) is 18.7 Å². The molecule has 138 valence electrons. The van der Waals surface area contributed by atoms with Crippen LogP contribution in [0.2, 0.25) is 0 Å². The van der Waals surface area contributed by atoms with Crippen molar-refractivity contribution < 1.29 is 0 Å². The summed E-state index contributed by atoms with van der Waals surface area (Å²) in [5.74, 6) is 0.258. The molecule has 2 aromatic rings. The van der Waals surface area contributed by atoms with E-state index in [1.807, 2.05) is 24.3 Å². The first-order valence-corrected chi connectivity index (χ1v) is 8.69. The first-order valence-electron chi connectivity index (χ1n) is 8.69. The van der Waals surface area contributed by atoms with E-state index in [1.165, 1.54) is 11.6 Å². The molecule has 2 rings (SSSR count). The fourth-order valence-electron chi connectivity index (χ4n) is 3.14. The van der Waals surface area contributed by atoms with E-state index in [2.05, 4.69) is 36.2 Å². The van der Waals surface area contributed by atoms with Crippen LogP contribution in [0, 0.1) is 11.3 Å². The summed E-state index contributed by atoms with van der Waals surface area (Å²) in [5, 5.41) is 12.6. The molecule has 1 aromatic carbocycles. The minimum atomic E-state index is -0.586. The standard InChI is InChI=1S/C19H25N5O2/c1-5-24(6-2)16(14-10-8-7-9-11-14)13-21-17-15(12-20)18(25)23(4)19(26)22(17)3/h7-11,16,21H,5-6,13H2,1-4H3/t16-/m1/s1. The van der Waals surface area contributed by atoms with Crippen molar-refractivity contribution in [1.29, 1.82) is 5.26 Å². The minimum Gasteiger partial charge on any atom is -0.368 e. The Morgan fingerprint density at radius 2 is 1.73 bits per heavy atom. The summed E-state index contributed by atoms with van der Waals surface area (Å²) >= 11 is 0. The molecule has 0 aliphatic carbocycles. The lowest BCUT2D eigenvalue weighted by Gasteiger charge is -2.31. The lowest BCUT2D eigenvalue weighted by atomic mass is 10.0. The molecule has 0 fully saturated rings. The Kier molecular flexibility index (Phi) is 6.36. The number of hydrogen-bond acceptors (Lipinski definition) is 5. The van der Waals surface area contributed by atoms with Crippen molar-refractivity contribution in [3.8, 4) is 6.07 Å². The van der Waals surface area contributed by atoms with Gasteiger partial charge in [-0.1, -0.05) is 44.2 Å². The lowest BCUT2D eigenvalue weighted by Crippen LogP contribution is -2.41. The van der Waals surface area contributed by atoms with E-state index in [9.17, 15) is 14.9 Å². The second kappa shape index (κ2) is 8.50. The molecule has 1 aromatic heterocycles. The van der Waals surface area contributed by atoms with Crippen molar-refractivity contribution in [3.05, 3.63) is 62.3 Å². The molecule has 0 radical (unpaired) electrons. The van der Waals surface area contributed by atoms with Crippen molar-refractivity contribution in [2.24, 2.45) is 14.1 Å². The lowest BCUT2D eigenvalue weighted by molar-refractivity contribution is 0.228. The van der Waals surface area contributed by atoms with Gasteiger partial charge in [0.1, 0.15) is 11.9 Å². The summed E-state index contributed by atoms with van der Waals surface area (Å²) < 4.78 is 2.26. The molecule has 0 unspecified atom stereocenters. The van der Waals surface area contributed by atoms with Crippen LogP contribution in [0.4, 0.5) is 5.82 Å². The van der Waals surface area contributed by atoms with Crippen LogP contribution in [-0.2, 0) is 14.1 Å². The zero-order valence-electron chi connectivity index (χ0n) is 15.7. The number of anilines is 1. The topological polar surface area (TPSA) is 83.1 Å². The van der Waals surface area contributed by atoms with Crippen molar-refractivity contribution in [1.82, 2.24) is 14.0 Å². The van der Waals surface area contributed by atoms with Crippen LogP contribution < -0.4 is 16.6 Å². The zero-order valence-corrected chi connectivity index (χ0v) is 15.7. The molecule has 0 amide bonds. The predicted molar refractivity (Wildman–Crippen MR) is 102 cm³/mol. The van der Waals surface area contributed by atoms with E-state index in [1.54, 1.807) is 7.05 Å². The SMILES string of the molecule is CCN(CC)[C@H](CNc1c(C#N)c(=O)n(C)c(=O)n1C)c1ccccc1. The maximum atomic E-state index is 12.2. The number of aromatic nitrogens is 2. The van der Waals surface area contributed by atoms with Crippen LogP contribution in [-0.4, -0.2) is 33.7 Å². The summed E-state index contributed by atoms with van der Waals surface area (Å²) in [6.45, 7) is 6.37. The smallest absolute Gasteiger partial charge is 0.332 e. The molecular formula is C19H25N5O2. The van der Waals surface area contributed by atoms with Crippen molar-refractivity contribution in [2.45, 2.75) is 19.9 Å². The maximum absolute atomic E-state index is 12.2. The highest BCUT2D eigenvalue weighted by molar-refractivity contribution is 5.51. The van der Waals surface area contributed by atoms with Crippen LogP contribution in [0.1, 0.15) is 31.0 Å². The Hall–Kier alpha value is -2.85. The Balaban J connectivity index is 2.43. The Morgan fingerprint density at radius 1 is 1.12 bits per heavy atom. The molecule has 0 saturated heterocycles. The van der Waals surface area contributed by atoms with Gasteiger partial charge in [-0.3, -0.25) is 18.8 Å². The molecule has 0 aliphatic rings. The average Bonchev–Trinajstić information content (AvgIpc) is 2.67. The Morgan fingerprint density at radius 3 is 2.27 bits per heavy atom. The molecule has 7 nitrogen and oxygen atoms in total. The van der Waals surface area contributed by atoms with Gasteiger partial charge in [0.25, 0.3) is 5.56 Å². The van der Waals surface area contributed by atoms with Gasteiger partial charge < -0.3 is 5.32 Å². The largest absolute Gasteiger partial charge is 0.368 e. The number of benzene rings is 1. The zero-order chi connectivity index (χ0) is 19.3. The molecule has 26 heavy (non-hydrogen) atoms. The first-order chi connectivity index (χ1) is 12.5. The number of nitriles is 1. The fraction of sp³-hybridized carbons (Fsp3) is 0.421. The highest BCUT2D eigenvalue weighted by atomic mass is 16.2. The van der Waals surface area contributed by atoms with E-state index in [0.29, 0.717) is 6.54 Å². The van der Waals surface area contributed by atoms with E-state index < -0.39 is 11.2 Å². The van der Waals surface area contributed by atoms with Crippen LogP contribution in [0.25, 0.3) is 0 Å². The van der Waals surface area contributed by atoms with E-state index in [4.69, 9.17) is 0 Å². The van der Waals surface area contributed by atoms with E-state index in [-0.39, 0.29) is 17.4 Å². The normalized spacial score (nSPS) is 12.0. The summed E-state index contributed by atoms with van der Waals surface area (Å²) in [6, 6.07) is 12.0. The van der Waals surface area contributed by atoms with Crippen LogP contribution in [0.5, 0.6) is 0 Å². The monoisotopic (exact) mass is 355 g/mol. The molecule has 7 heteroatoms. The second-order valence-corrected chi connectivity index (χ2v) is 6.07. The number of likely N-dealkylation sites (N-methyl/N-ethyl adjacent to an activating group) is 1. The highest BCUT2D eigenvalue weighted by Gasteiger charge is 2.20. The third-order valence-corrected chi connectivity index (χ3v) is 4.68. The van der Waals surface area contributed by atoms with Gasteiger partial charge in [0.05, 0.1) is 6.04 Å². The molecule has 0 bridgehead atoms. The summed E-state index contributed by atoms with van der Waals surface area (Å²) in [5.41, 5.74) is 0.0322. The molecule has 0 spiro atoms. The summed E-state index contributed by atoms with van der Waals surface area (Å²) in [4.78, 5) is 26.7. The highest BCUT2D eigenvalue weighted by Crippen LogP contribution is 2.21. The first kappa shape index (κ1) is 19.5. The minimum absolute atomic E-state index is 0.0527.